The van der Waals surface area contributed by atoms with E-state index < -0.39 is 5.60 Å². The van der Waals surface area contributed by atoms with E-state index in [0.29, 0.717) is 12.0 Å². The summed E-state index contributed by atoms with van der Waals surface area (Å²) in [4.78, 5) is 2.59. The molecule has 4 atom stereocenters. The largest absolute Gasteiger partial charge is 0.393 e. The minimum atomic E-state index is -0.500. The molecule has 0 radical (unpaired) electrons. The minimum absolute atomic E-state index is 0.191. The van der Waals surface area contributed by atoms with Gasteiger partial charge >= 0.3 is 0 Å². The van der Waals surface area contributed by atoms with Crippen molar-refractivity contribution in [2.75, 3.05) is 6.54 Å². The van der Waals surface area contributed by atoms with Crippen LogP contribution >= 0.6 is 0 Å². The number of likely N-dealkylation sites (tertiary alicyclic amines) is 1. The topological polar surface area (TPSA) is 43.7 Å². The van der Waals surface area contributed by atoms with Crippen LogP contribution in [0.25, 0.3) is 0 Å². The summed E-state index contributed by atoms with van der Waals surface area (Å²) in [5.74, 6) is 0.898. The predicted molar refractivity (Wildman–Crippen MR) is 111 cm³/mol. The number of benzene rings is 2. The van der Waals surface area contributed by atoms with Gasteiger partial charge in [0, 0.05) is 24.5 Å². The van der Waals surface area contributed by atoms with E-state index in [2.05, 4.69) is 65.6 Å². The van der Waals surface area contributed by atoms with Gasteiger partial charge in [-0.3, -0.25) is 4.90 Å². The molecular weight excluding hydrogens is 346 g/mol. The summed E-state index contributed by atoms with van der Waals surface area (Å²) in [6, 6.07) is 22.2. The lowest BCUT2D eigenvalue weighted by Gasteiger charge is -2.39. The average Bonchev–Trinajstić information content (AvgIpc) is 3.38. The highest BCUT2D eigenvalue weighted by molar-refractivity contribution is 5.33. The third-order valence-electron chi connectivity index (χ3n) is 7.46. The summed E-state index contributed by atoms with van der Waals surface area (Å²) in [6.07, 6.45) is 5.62. The van der Waals surface area contributed by atoms with Gasteiger partial charge in [0.15, 0.2) is 0 Å². The lowest BCUT2D eigenvalue weighted by Crippen LogP contribution is -2.48. The van der Waals surface area contributed by atoms with Crippen molar-refractivity contribution in [1.29, 1.82) is 0 Å². The first-order valence-corrected chi connectivity index (χ1v) is 10.9. The van der Waals surface area contributed by atoms with Crippen LogP contribution in [0.2, 0.25) is 0 Å². The van der Waals surface area contributed by atoms with Crippen LogP contribution in [0.15, 0.2) is 60.7 Å². The lowest BCUT2D eigenvalue weighted by atomic mass is 9.82. The van der Waals surface area contributed by atoms with E-state index in [9.17, 15) is 10.2 Å². The van der Waals surface area contributed by atoms with Crippen LogP contribution in [0.1, 0.15) is 55.6 Å². The Balaban J connectivity index is 1.49. The molecule has 28 heavy (non-hydrogen) atoms. The molecule has 0 unspecified atom stereocenters. The zero-order valence-electron chi connectivity index (χ0n) is 16.5. The molecule has 2 aliphatic carbocycles. The number of aliphatic hydroxyl groups is 2. The third kappa shape index (κ3) is 3.41. The zero-order chi connectivity index (χ0) is 19.1. The van der Waals surface area contributed by atoms with E-state index >= 15 is 0 Å². The molecule has 2 aromatic rings. The molecule has 3 heteroatoms. The number of aliphatic hydroxyl groups excluding tert-OH is 1. The van der Waals surface area contributed by atoms with Gasteiger partial charge in [-0.25, -0.2) is 0 Å². The van der Waals surface area contributed by atoms with Gasteiger partial charge in [-0.05, 0) is 55.6 Å². The first-order valence-electron chi connectivity index (χ1n) is 10.9. The molecule has 2 aromatic carbocycles. The number of rotatable bonds is 5. The van der Waals surface area contributed by atoms with E-state index in [1.165, 1.54) is 11.1 Å². The molecule has 2 saturated carbocycles. The minimum Gasteiger partial charge on any atom is -0.393 e. The fraction of sp³-hybridized carbons (Fsp3) is 0.520. The standard InChI is InChI=1S/C25H31NO2/c27-21-12-11-20-15-24(25(28)13-14-25)26(23(20)16-21)17-22(18-7-3-1-4-8-18)19-9-5-2-6-10-19/h1-10,20-24,27-28H,11-17H2/t20-,21-,23-,24+/m1/s1. The fourth-order valence-electron chi connectivity index (χ4n) is 5.76. The molecule has 3 aliphatic rings. The predicted octanol–water partition coefficient (Wildman–Crippen LogP) is 3.95. The molecule has 0 spiro atoms. The highest BCUT2D eigenvalue weighted by Gasteiger charge is 2.57. The average molecular weight is 378 g/mol. The maximum atomic E-state index is 11.1. The molecule has 0 aromatic heterocycles. The van der Waals surface area contributed by atoms with E-state index in [-0.39, 0.29) is 18.1 Å². The zero-order valence-corrected chi connectivity index (χ0v) is 16.5. The first kappa shape index (κ1) is 18.4. The van der Waals surface area contributed by atoms with Gasteiger partial charge < -0.3 is 10.2 Å². The van der Waals surface area contributed by atoms with Gasteiger partial charge in [-0.2, -0.15) is 0 Å². The van der Waals surface area contributed by atoms with E-state index in [1.54, 1.807) is 0 Å². The van der Waals surface area contributed by atoms with Gasteiger partial charge in [-0.15, -0.1) is 0 Å². The SMILES string of the molecule is O[C@@H]1CC[C@@H]2C[C@@H](C3(O)CC3)N(CC(c3ccccc3)c3ccccc3)[C@@H]2C1. The molecule has 1 aliphatic heterocycles. The summed E-state index contributed by atoms with van der Waals surface area (Å²) < 4.78 is 0. The molecule has 2 N–H and O–H groups in total. The van der Waals surface area contributed by atoms with Gasteiger partial charge in [0.1, 0.15) is 0 Å². The smallest absolute Gasteiger partial charge is 0.0804 e. The summed E-state index contributed by atoms with van der Waals surface area (Å²) >= 11 is 0. The van der Waals surface area contributed by atoms with Crippen molar-refractivity contribution >= 4 is 0 Å². The second kappa shape index (κ2) is 7.29. The quantitative estimate of drug-likeness (QED) is 0.829. The monoisotopic (exact) mass is 377 g/mol. The Kier molecular flexibility index (Phi) is 4.78. The van der Waals surface area contributed by atoms with Crippen LogP contribution in [0, 0.1) is 5.92 Å². The van der Waals surface area contributed by atoms with E-state index in [0.717, 1.165) is 45.1 Å². The maximum Gasteiger partial charge on any atom is 0.0804 e. The van der Waals surface area contributed by atoms with Crippen LogP contribution < -0.4 is 0 Å². The van der Waals surface area contributed by atoms with E-state index in [1.807, 2.05) is 0 Å². The van der Waals surface area contributed by atoms with Crippen molar-refractivity contribution in [1.82, 2.24) is 4.90 Å². The summed E-state index contributed by atoms with van der Waals surface area (Å²) in [5.41, 5.74) is 2.16. The van der Waals surface area contributed by atoms with Gasteiger partial charge in [0.05, 0.1) is 11.7 Å². The summed E-state index contributed by atoms with van der Waals surface area (Å²) in [7, 11) is 0. The number of fused-ring (bicyclic) bond motifs is 1. The molecule has 5 rings (SSSR count). The molecule has 1 heterocycles. The van der Waals surface area contributed by atoms with Gasteiger partial charge in [0.25, 0.3) is 0 Å². The van der Waals surface area contributed by atoms with E-state index in [4.69, 9.17) is 0 Å². The molecule has 1 saturated heterocycles. The molecular formula is C25H31NO2. The Morgan fingerprint density at radius 1 is 0.893 bits per heavy atom. The Morgan fingerprint density at radius 3 is 2.07 bits per heavy atom. The van der Waals surface area contributed by atoms with Crippen molar-refractivity contribution in [3.05, 3.63) is 71.8 Å². The normalized spacial score (nSPS) is 31.7. The Bertz CT molecular complexity index is 749. The summed E-state index contributed by atoms with van der Waals surface area (Å²) in [6.45, 7) is 0.912. The van der Waals surface area contributed by atoms with Gasteiger partial charge in [-0.1, -0.05) is 60.7 Å². The third-order valence-corrected chi connectivity index (χ3v) is 7.46. The number of hydrogen-bond acceptors (Lipinski definition) is 3. The van der Waals surface area contributed by atoms with Crippen LogP contribution in [-0.4, -0.2) is 45.4 Å². The number of nitrogens with zero attached hydrogens (tertiary/aromatic N) is 1. The van der Waals surface area contributed by atoms with Crippen LogP contribution in [0.5, 0.6) is 0 Å². The van der Waals surface area contributed by atoms with Crippen molar-refractivity contribution in [3.8, 4) is 0 Å². The highest BCUT2D eigenvalue weighted by atomic mass is 16.3. The van der Waals surface area contributed by atoms with Crippen molar-refractivity contribution in [3.63, 3.8) is 0 Å². The van der Waals surface area contributed by atoms with Crippen LogP contribution in [0.4, 0.5) is 0 Å². The second-order valence-electron chi connectivity index (χ2n) is 9.22. The molecule has 0 amide bonds. The Hall–Kier alpha value is -1.68. The van der Waals surface area contributed by atoms with Crippen LogP contribution in [0.3, 0.4) is 0 Å². The van der Waals surface area contributed by atoms with Crippen LogP contribution in [-0.2, 0) is 0 Å². The molecule has 3 fully saturated rings. The van der Waals surface area contributed by atoms with Crippen molar-refractivity contribution in [2.24, 2.45) is 5.92 Å². The number of hydrogen-bond donors (Lipinski definition) is 2. The van der Waals surface area contributed by atoms with Crippen molar-refractivity contribution in [2.45, 2.75) is 68.2 Å². The lowest BCUT2D eigenvalue weighted by molar-refractivity contribution is 0.0140. The summed E-state index contributed by atoms with van der Waals surface area (Å²) in [5, 5.41) is 21.4. The fourth-order valence-corrected chi connectivity index (χ4v) is 5.76. The maximum absolute atomic E-state index is 11.1. The molecule has 3 nitrogen and oxygen atoms in total. The molecule has 148 valence electrons. The second-order valence-corrected chi connectivity index (χ2v) is 9.22. The Morgan fingerprint density at radius 2 is 1.50 bits per heavy atom. The first-order chi connectivity index (χ1) is 13.6. The molecule has 0 bridgehead atoms. The van der Waals surface area contributed by atoms with Gasteiger partial charge in [0.2, 0.25) is 0 Å². The van der Waals surface area contributed by atoms with Crippen molar-refractivity contribution < 1.29 is 10.2 Å². The Labute approximate surface area is 168 Å². The highest BCUT2D eigenvalue weighted by Crippen LogP contribution is 2.51.